The van der Waals surface area contributed by atoms with E-state index in [0.29, 0.717) is 10.8 Å². The maximum atomic E-state index is 2.44. The first kappa shape index (κ1) is 15.1. The molecule has 0 spiro atoms. The zero-order valence-corrected chi connectivity index (χ0v) is 14.7. The third kappa shape index (κ3) is 2.90. The van der Waals surface area contributed by atoms with Gasteiger partial charge in [-0.15, -0.1) is 22.7 Å². The Labute approximate surface area is 125 Å². The van der Waals surface area contributed by atoms with E-state index in [4.69, 9.17) is 0 Å². The van der Waals surface area contributed by atoms with Crippen molar-refractivity contribution in [1.82, 2.24) is 0 Å². The Bertz CT molecular complexity index is 523. The predicted molar refractivity (Wildman–Crippen MR) is 91.0 cm³/mol. The zero-order valence-electron chi connectivity index (χ0n) is 13.1. The molecule has 0 atom stereocenters. The third-order valence-corrected chi connectivity index (χ3v) is 7.33. The van der Waals surface area contributed by atoms with E-state index in [1.54, 1.807) is 4.88 Å². The highest BCUT2D eigenvalue weighted by Crippen LogP contribution is 2.43. The molecule has 19 heavy (non-hydrogen) atoms. The highest BCUT2D eigenvalue weighted by molar-refractivity contribution is 7.28. The van der Waals surface area contributed by atoms with E-state index in [-0.39, 0.29) is 0 Å². The quantitative estimate of drug-likeness (QED) is 0.573. The molecule has 0 amide bonds. The van der Waals surface area contributed by atoms with Crippen LogP contribution in [-0.2, 0) is 10.8 Å². The fraction of sp³-hybridized carbons (Fsp3) is 0.647. The maximum absolute atomic E-state index is 2.44. The summed E-state index contributed by atoms with van der Waals surface area (Å²) in [4.78, 5) is 3.09. The van der Waals surface area contributed by atoms with Crippen molar-refractivity contribution in [1.29, 1.82) is 0 Å². The van der Waals surface area contributed by atoms with Gasteiger partial charge >= 0.3 is 0 Å². The molecule has 0 fully saturated rings. The molecule has 0 radical (unpaired) electrons. The molecule has 2 rings (SSSR count). The van der Waals surface area contributed by atoms with Crippen molar-refractivity contribution in [3.05, 3.63) is 21.9 Å². The molecule has 0 saturated carbocycles. The molecule has 0 aromatic carbocycles. The number of rotatable bonds is 5. The van der Waals surface area contributed by atoms with Crippen LogP contribution in [0.1, 0.15) is 70.6 Å². The lowest BCUT2D eigenvalue weighted by molar-refractivity contribution is 0.482. The van der Waals surface area contributed by atoms with Crippen LogP contribution in [0.25, 0.3) is 9.40 Å². The van der Waals surface area contributed by atoms with E-state index < -0.39 is 0 Å². The van der Waals surface area contributed by atoms with Crippen molar-refractivity contribution in [3.63, 3.8) is 0 Å². The fourth-order valence-electron chi connectivity index (χ4n) is 2.43. The minimum Gasteiger partial charge on any atom is -0.139 e. The molecule has 0 N–H and O–H groups in total. The lowest BCUT2D eigenvalue weighted by Gasteiger charge is -2.22. The van der Waals surface area contributed by atoms with Crippen molar-refractivity contribution in [2.75, 3.05) is 0 Å². The van der Waals surface area contributed by atoms with Gasteiger partial charge < -0.3 is 0 Å². The molecule has 0 nitrogen and oxygen atoms in total. The molecule has 2 aromatic rings. The summed E-state index contributed by atoms with van der Waals surface area (Å²) in [7, 11) is 0. The van der Waals surface area contributed by atoms with E-state index in [1.807, 2.05) is 22.7 Å². The Kier molecular flexibility index (Phi) is 4.13. The lowest BCUT2D eigenvalue weighted by Crippen LogP contribution is -2.14. The second-order valence-corrected chi connectivity index (χ2v) is 8.99. The molecule has 0 aliphatic rings. The summed E-state index contributed by atoms with van der Waals surface area (Å²) in [6, 6.07) is 4.87. The van der Waals surface area contributed by atoms with Crippen molar-refractivity contribution in [2.24, 2.45) is 0 Å². The van der Waals surface area contributed by atoms with Crippen LogP contribution in [-0.4, -0.2) is 0 Å². The summed E-state index contributed by atoms with van der Waals surface area (Å²) in [6.45, 7) is 14.0. The highest BCUT2D eigenvalue weighted by atomic mass is 32.1. The van der Waals surface area contributed by atoms with E-state index in [0.717, 1.165) is 0 Å². The summed E-state index contributed by atoms with van der Waals surface area (Å²) in [6.07, 6.45) is 3.73. The van der Waals surface area contributed by atoms with Gasteiger partial charge in [-0.2, -0.15) is 0 Å². The van der Waals surface area contributed by atoms with Crippen LogP contribution >= 0.6 is 22.7 Å². The predicted octanol–water partition coefficient (Wildman–Crippen LogP) is 6.73. The summed E-state index contributed by atoms with van der Waals surface area (Å²) in [5.74, 6) is 0. The fourth-order valence-corrected chi connectivity index (χ4v) is 5.12. The van der Waals surface area contributed by atoms with Gasteiger partial charge in [0.15, 0.2) is 0 Å². The number of thiophene rings is 2. The van der Waals surface area contributed by atoms with Crippen LogP contribution in [0.15, 0.2) is 12.1 Å². The maximum Gasteiger partial charge on any atom is 0.0456 e. The number of hydrogen-bond acceptors (Lipinski definition) is 2. The van der Waals surface area contributed by atoms with Crippen molar-refractivity contribution >= 4 is 32.1 Å². The van der Waals surface area contributed by atoms with Crippen molar-refractivity contribution in [2.45, 2.75) is 71.6 Å². The molecular formula is C17H26S2. The van der Waals surface area contributed by atoms with Gasteiger partial charge in [-0.05, 0) is 35.8 Å². The topological polar surface area (TPSA) is 0 Å². The standard InChI is InChI=1S/C17H26S2/c1-7-9-17(5,6)15-11-13-12(19-15)10-14(18-13)16(3,4)8-2/h10-11H,7-9H2,1-6H3. The van der Waals surface area contributed by atoms with E-state index in [9.17, 15) is 0 Å². The second kappa shape index (κ2) is 5.21. The first-order valence-electron chi connectivity index (χ1n) is 7.34. The lowest BCUT2D eigenvalue weighted by atomic mass is 9.86. The SMILES string of the molecule is CCCC(C)(C)c1cc2sc(C(C)(C)CC)cc2s1. The minimum atomic E-state index is 0.322. The van der Waals surface area contributed by atoms with Gasteiger partial charge in [0.05, 0.1) is 0 Å². The molecule has 0 saturated heterocycles. The molecule has 0 bridgehead atoms. The van der Waals surface area contributed by atoms with Gasteiger partial charge in [0.1, 0.15) is 0 Å². The average Bonchev–Trinajstić information content (AvgIpc) is 2.86. The van der Waals surface area contributed by atoms with Crippen LogP contribution in [0, 0.1) is 0 Å². The molecule has 2 aromatic heterocycles. The average molecular weight is 295 g/mol. The third-order valence-electron chi connectivity index (χ3n) is 4.30. The van der Waals surface area contributed by atoms with E-state index in [1.165, 1.54) is 33.5 Å². The van der Waals surface area contributed by atoms with Crippen LogP contribution in [0.5, 0.6) is 0 Å². The Balaban J connectivity index is 2.37. The van der Waals surface area contributed by atoms with E-state index >= 15 is 0 Å². The van der Waals surface area contributed by atoms with Crippen molar-refractivity contribution in [3.8, 4) is 0 Å². The Hall–Kier alpha value is -0.340. The summed E-state index contributed by atoms with van der Waals surface area (Å²) >= 11 is 4.00. The van der Waals surface area contributed by atoms with Gasteiger partial charge in [-0.25, -0.2) is 0 Å². The molecule has 2 heteroatoms. The van der Waals surface area contributed by atoms with Crippen LogP contribution < -0.4 is 0 Å². The Morgan fingerprint density at radius 1 is 0.842 bits per heavy atom. The Morgan fingerprint density at radius 3 is 1.74 bits per heavy atom. The minimum absolute atomic E-state index is 0.322. The first-order chi connectivity index (χ1) is 8.80. The van der Waals surface area contributed by atoms with Gasteiger partial charge in [0, 0.05) is 19.2 Å². The molecule has 0 aliphatic carbocycles. The monoisotopic (exact) mass is 294 g/mol. The molecular weight excluding hydrogens is 268 g/mol. The molecule has 0 aliphatic heterocycles. The van der Waals surface area contributed by atoms with Gasteiger partial charge in [-0.3, -0.25) is 0 Å². The van der Waals surface area contributed by atoms with Gasteiger partial charge in [0.25, 0.3) is 0 Å². The second-order valence-electron chi connectivity index (χ2n) is 6.82. The highest BCUT2D eigenvalue weighted by Gasteiger charge is 2.25. The zero-order chi connectivity index (χ0) is 14.3. The molecule has 0 unspecified atom stereocenters. The van der Waals surface area contributed by atoms with E-state index in [2.05, 4.69) is 53.7 Å². The summed E-state index contributed by atoms with van der Waals surface area (Å²) in [5, 5.41) is 0. The smallest absolute Gasteiger partial charge is 0.0456 e. The number of hydrogen-bond donors (Lipinski definition) is 0. The normalized spacial score (nSPS) is 13.4. The first-order valence-corrected chi connectivity index (χ1v) is 8.98. The van der Waals surface area contributed by atoms with Gasteiger partial charge in [-0.1, -0.05) is 48.0 Å². The number of fused-ring (bicyclic) bond motifs is 1. The van der Waals surface area contributed by atoms with Crippen molar-refractivity contribution < 1.29 is 0 Å². The van der Waals surface area contributed by atoms with Crippen LogP contribution in [0.3, 0.4) is 0 Å². The largest absolute Gasteiger partial charge is 0.139 e. The van der Waals surface area contributed by atoms with Crippen LogP contribution in [0.2, 0.25) is 0 Å². The van der Waals surface area contributed by atoms with Crippen LogP contribution in [0.4, 0.5) is 0 Å². The Morgan fingerprint density at radius 2 is 1.32 bits per heavy atom. The summed E-state index contributed by atoms with van der Waals surface area (Å²) in [5.41, 5.74) is 0.654. The van der Waals surface area contributed by atoms with Gasteiger partial charge in [0.2, 0.25) is 0 Å². The molecule has 106 valence electrons. The summed E-state index contributed by atoms with van der Waals surface area (Å²) < 4.78 is 2.97. The molecule has 2 heterocycles.